The van der Waals surface area contributed by atoms with Gasteiger partial charge in [0.2, 0.25) is 0 Å². The van der Waals surface area contributed by atoms with Crippen LogP contribution < -0.4 is 14.2 Å². The van der Waals surface area contributed by atoms with Gasteiger partial charge in [0.1, 0.15) is 108 Å². The third-order valence-electron chi connectivity index (χ3n) is 27.1. The molecule has 6 unspecified atom stereocenters. The quantitative estimate of drug-likeness (QED) is 0.0941. The van der Waals surface area contributed by atoms with Crippen molar-refractivity contribution in [1.29, 1.82) is 0 Å². The van der Waals surface area contributed by atoms with E-state index in [2.05, 4.69) is 182 Å². The first-order chi connectivity index (χ1) is 56.7. The fourth-order valence-corrected chi connectivity index (χ4v) is 37.6. The highest BCUT2D eigenvalue weighted by Crippen LogP contribution is 2.58. The number of aromatic hydroxyl groups is 3. The molecule has 6 atom stereocenters. The number of ether oxygens (including phenoxy) is 3. The molecule has 0 amide bonds. The zero-order chi connectivity index (χ0) is 81.7. The molecule has 12 heteroatoms. The average molecular weight is 1690 g/mol. The van der Waals surface area contributed by atoms with Crippen LogP contribution in [0.1, 0.15) is 229 Å². The van der Waals surface area contributed by atoms with Crippen LogP contribution in [0, 0.1) is 77.0 Å². The first-order valence-corrected chi connectivity index (χ1v) is 54.9. The van der Waals surface area contributed by atoms with Crippen LogP contribution in [0.25, 0.3) is 32.3 Å². The molecule has 3 N–H and O–H groups in total. The third-order valence-corrected chi connectivity index (χ3v) is 43.0. The van der Waals surface area contributed by atoms with E-state index in [1.807, 2.05) is 39.8 Å². The Morgan fingerprint density at radius 1 is 0.359 bits per heavy atom. The number of aryl methyl sites for hydroxylation is 6. The maximum atomic E-state index is 9.81. The van der Waals surface area contributed by atoms with Crippen LogP contribution >= 0.6 is 0 Å². The number of rotatable bonds is 14. The largest absolute Gasteiger partial charge is 0.508 e. The molecule has 117 heavy (non-hydrogen) atoms. The van der Waals surface area contributed by atoms with Crippen LogP contribution in [0.3, 0.4) is 0 Å². The van der Waals surface area contributed by atoms with Gasteiger partial charge in [0.25, 0.3) is 0 Å². The van der Waals surface area contributed by atoms with Crippen molar-refractivity contribution < 1.29 is 29.5 Å². The van der Waals surface area contributed by atoms with Gasteiger partial charge in [-0.1, -0.05) is 99.5 Å². The number of benzene rings is 9. The van der Waals surface area contributed by atoms with Gasteiger partial charge in [-0.25, -0.2) is 0 Å². The normalized spacial score (nSPS) is 23.7. The zero-order valence-corrected chi connectivity index (χ0v) is 78.1. The molecule has 6 heterocycles. The van der Waals surface area contributed by atoms with Gasteiger partial charge in [0.15, 0.2) is 29.4 Å². The van der Waals surface area contributed by atoms with Gasteiger partial charge < -0.3 is 29.5 Å². The predicted octanol–water partition coefficient (Wildman–Crippen LogP) is 26.7. The van der Waals surface area contributed by atoms with Crippen LogP contribution in [0.5, 0.6) is 34.5 Å². The van der Waals surface area contributed by atoms with Crippen molar-refractivity contribution in [1.82, 2.24) is 0 Å². The van der Waals surface area contributed by atoms with Gasteiger partial charge in [-0.2, -0.15) is 0 Å². The third kappa shape index (κ3) is 22.4. The highest BCUT2D eigenvalue weighted by Gasteiger charge is 2.57. The van der Waals surface area contributed by atoms with E-state index < -0.39 is 0 Å². The number of phenols is 3. The molecule has 6 saturated heterocycles. The summed E-state index contributed by atoms with van der Waals surface area (Å²) in [7, 11) is 2.64. The molecular formula is C105H142O6S6+6. The monoisotopic (exact) mass is 1690 g/mol. The second-order valence-corrected chi connectivity index (χ2v) is 50.9. The minimum atomic E-state index is -0.153. The van der Waals surface area contributed by atoms with Gasteiger partial charge in [0.05, 0.1) is 13.2 Å². The van der Waals surface area contributed by atoms with Crippen molar-refractivity contribution in [2.24, 2.45) is 35.5 Å². The topological polar surface area (TPSA) is 88.4 Å². The van der Waals surface area contributed by atoms with E-state index >= 15 is 0 Å². The van der Waals surface area contributed by atoms with E-state index in [9.17, 15) is 15.3 Å². The van der Waals surface area contributed by atoms with Gasteiger partial charge in [-0.15, -0.1) is 0 Å². The second-order valence-electron chi connectivity index (χ2n) is 37.1. The van der Waals surface area contributed by atoms with Crippen molar-refractivity contribution in [2.75, 3.05) is 70.7 Å². The van der Waals surface area contributed by atoms with E-state index in [0.29, 0.717) is 82.6 Å². The standard InChI is InChI=1S/C26H33OS.C21H27OS.C18H23OS.C14H20OS.2C13H18OS/c1-2-6-18(7-3-1)15-27-25-12-13-26(22-9-5-4-8-21(22)25)28-16-23-19-10-11-20(14-19)24(23)17-28;1-2-8-17(7-1)13-14-22-20-11-12-21(23-15-5-6-16-23)19-10-4-3-9-18(19)20;1-18(2,3)19-16-10-11-17(20-12-6-7-13-20)15-9-5-4-8-14(15)16;1-9-7-13(8-10(2)14(9)15)16-11(3)5-6-12(16)4;1-10-8-12(9-11(2)13(10)14)15-6-4-3-5-7-15;1-10-8-12(14)9-11(2)13(10)15-6-4-3-5-7-15/h4-5,8-9,12-13,18-20,23-24H,1-3,6-7,10-11,14-17H2;3-4,9-12,17H,1-2,5-8,13-16H2;4-5,8-11H,6-7,12-13H2,1-3H3;7-8,11-12H,5-6H2,1-4H3;2*8-9H,3-7H2,1-2H3/q3*+1;;;/p+3. The molecule has 10 fully saturated rings. The Hall–Kier alpha value is -5.34. The van der Waals surface area contributed by atoms with E-state index in [1.165, 1.54) is 270 Å². The lowest BCUT2D eigenvalue weighted by atomic mass is 9.82. The molecule has 10 aliphatic rings. The maximum Gasteiger partial charge on any atom is 0.163 e. The molecule has 19 rings (SSSR count). The molecule has 0 spiro atoms. The first kappa shape index (κ1) is 88.0. The lowest BCUT2D eigenvalue weighted by Gasteiger charge is -2.22. The summed E-state index contributed by atoms with van der Waals surface area (Å²) in [4.78, 5) is 9.18. The number of hydrogen-bond donors (Lipinski definition) is 3. The maximum absolute atomic E-state index is 9.81. The fraction of sp³-hybridized carbons (Fsp3) is 0.543. The SMILES string of the molecule is CC(C)(C)Oc1ccc([S+]2CCCC2)c2ccccc12.Cc1cc(O)cc(C)c1[S+]1CCCCC1.Cc1cc([S+]2C(C)CCC2C)cc(C)c1O.Cc1cc([S+]2CCCCC2)cc(C)c1O.c1ccc2c([S+]3CC4C5CCC(C5)C4C3)ccc(OCC3CCCCC3)c2c1.c1ccc2c([S+]3CCCC3)ccc(OCCC3CCCC3)c2c1. The van der Waals surface area contributed by atoms with Crippen molar-refractivity contribution in [2.45, 2.75) is 282 Å². The van der Waals surface area contributed by atoms with Crippen LogP contribution in [-0.2, 0) is 65.4 Å². The summed E-state index contributed by atoms with van der Waals surface area (Å²) in [6.07, 6.45) is 35.0. The Morgan fingerprint density at radius 2 is 0.735 bits per heavy atom. The van der Waals surface area contributed by atoms with Gasteiger partial charge >= 0.3 is 0 Å². The summed E-state index contributed by atoms with van der Waals surface area (Å²) in [5.74, 6) is 24.3. The summed E-state index contributed by atoms with van der Waals surface area (Å²) >= 11 is 0. The Bertz CT molecular complexity index is 4620. The lowest BCUT2D eigenvalue weighted by Crippen LogP contribution is -2.23. The van der Waals surface area contributed by atoms with Gasteiger partial charge in [-0.3, -0.25) is 0 Å². The number of fused-ring (bicyclic) bond motifs is 8. The molecular weight excluding hydrogens is 1550 g/mol. The minimum Gasteiger partial charge on any atom is -0.508 e. The molecule has 4 aliphatic carbocycles. The molecule has 0 aromatic heterocycles. The van der Waals surface area contributed by atoms with E-state index in [0.717, 1.165) is 98.7 Å². The van der Waals surface area contributed by atoms with Crippen LogP contribution in [0.2, 0.25) is 0 Å². The molecule has 0 radical (unpaired) electrons. The number of phenolic OH excluding ortho intramolecular Hbond substituents is 3. The molecule has 2 bridgehead atoms. The molecule has 9 aromatic rings. The molecule has 628 valence electrons. The summed E-state index contributed by atoms with van der Waals surface area (Å²) in [6, 6.07) is 52.9. The highest BCUT2D eigenvalue weighted by atomic mass is 32.2. The highest BCUT2D eigenvalue weighted by molar-refractivity contribution is 7.99. The molecule has 6 nitrogen and oxygen atoms in total. The lowest BCUT2D eigenvalue weighted by molar-refractivity contribution is 0.133. The average Bonchev–Trinajstić information content (AvgIpc) is 1.57. The summed E-state index contributed by atoms with van der Waals surface area (Å²) < 4.78 is 18.7. The van der Waals surface area contributed by atoms with E-state index in [4.69, 9.17) is 14.2 Å². The van der Waals surface area contributed by atoms with E-state index in [1.54, 1.807) is 21.1 Å². The molecule has 4 saturated carbocycles. The number of hydrogen-bond acceptors (Lipinski definition) is 6. The van der Waals surface area contributed by atoms with E-state index in [-0.39, 0.29) is 5.60 Å². The van der Waals surface area contributed by atoms with Crippen molar-refractivity contribution >= 4 is 97.7 Å². The van der Waals surface area contributed by atoms with Gasteiger partial charge in [-0.05, 0) is 329 Å². The van der Waals surface area contributed by atoms with Crippen molar-refractivity contribution in [3.8, 4) is 34.5 Å². The van der Waals surface area contributed by atoms with Crippen molar-refractivity contribution in [3.63, 3.8) is 0 Å². The first-order valence-electron chi connectivity index (χ1n) is 45.7. The molecule has 9 aromatic carbocycles. The minimum absolute atomic E-state index is 0.153. The van der Waals surface area contributed by atoms with Crippen LogP contribution in [-0.4, -0.2) is 102 Å². The van der Waals surface area contributed by atoms with Crippen molar-refractivity contribution in [3.05, 3.63) is 179 Å². The second kappa shape index (κ2) is 41.7. The Labute approximate surface area is 723 Å². The Kier molecular flexibility index (Phi) is 31.4. The smallest absolute Gasteiger partial charge is 0.163 e. The van der Waals surface area contributed by atoms with Gasteiger partial charge in [0, 0.05) is 121 Å². The van der Waals surface area contributed by atoms with Crippen LogP contribution in [0.4, 0.5) is 0 Å². The van der Waals surface area contributed by atoms with Crippen LogP contribution in [0.15, 0.2) is 175 Å². The molecule has 6 aliphatic heterocycles. The summed E-state index contributed by atoms with van der Waals surface area (Å²) in [5.41, 5.74) is 6.50. The zero-order valence-electron chi connectivity index (χ0n) is 73.2. The Morgan fingerprint density at radius 3 is 1.21 bits per heavy atom. The summed E-state index contributed by atoms with van der Waals surface area (Å²) in [6.45, 7) is 25.1. The fourth-order valence-electron chi connectivity index (χ4n) is 21.1. The summed E-state index contributed by atoms with van der Waals surface area (Å²) in [5, 5.41) is 38.9. The predicted molar refractivity (Wildman–Crippen MR) is 514 cm³/mol. The Balaban J connectivity index is 0.000000118.